The number of hydrogen-bond acceptors (Lipinski definition) is 2. The van der Waals surface area contributed by atoms with Crippen molar-refractivity contribution in [3.8, 4) is 0 Å². The van der Waals surface area contributed by atoms with Crippen molar-refractivity contribution >= 4 is 16.8 Å². The highest BCUT2D eigenvalue weighted by atomic mass is 16.1. The minimum absolute atomic E-state index is 0.0982. The molecule has 0 aliphatic heterocycles. The Hall–Kier alpha value is -2.42. The maximum atomic E-state index is 11.6. The molecule has 2 aromatic rings. The first kappa shape index (κ1) is 13.0. The average molecular weight is 252 g/mol. The van der Waals surface area contributed by atoms with E-state index in [1.807, 2.05) is 49.4 Å². The van der Waals surface area contributed by atoms with Crippen molar-refractivity contribution in [2.75, 3.05) is 0 Å². The number of nitrogens with zero attached hydrogens (tertiary/aromatic N) is 1. The lowest BCUT2D eigenvalue weighted by Gasteiger charge is -2.06. The first-order valence-corrected chi connectivity index (χ1v) is 6.21. The predicted molar refractivity (Wildman–Crippen MR) is 77.5 cm³/mol. The van der Waals surface area contributed by atoms with Gasteiger partial charge in [0, 0.05) is 24.2 Å². The Labute approximate surface area is 112 Å². The monoisotopic (exact) mass is 252 g/mol. The summed E-state index contributed by atoms with van der Waals surface area (Å²) in [6.07, 6.45) is 8.70. The normalized spacial score (nSPS) is 11.4. The topological polar surface area (TPSA) is 42.0 Å². The lowest BCUT2D eigenvalue weighted by atomic mass is 10.1. The number of hydrogen-bond donors (Lipinski definition) is 1. The second kappa shape index (κ2) is 6.50. The summed E-state index contributed by atoms with van der Waals surface area (Å²) in [4.78, 5) is 15.9. The van der Waals surface area contributed by atoms with E-state index in [0.29, 0.717) is 6.54 Å². The van der Waals surface area contributed by atoms with E-state index in [0.717, 1.165) is 16.5 Å². The van der Waals surface area contributed by atoms with Crippen molar-refractivity contribution in [2.45, 2.75) is 13.5 Å². The Balaban J connectivity index is 2.08. The van der Waals surface area contributed by atoms with Crippen LogP contribution in [0.15, 0.2) is 60.8 Å². The van der Waals surface area contributed by atoms with Crippen LogP contribution in [0.4, 0.5) is 0 Å². The van der Waals surface area contributed by atoms with Crippen LogP contribution in [0.3, 0.4) is 0 Å². The molecular weight excluding hydrogens is 236 g/mol. The zero-order valence-corrected chi connectivity index (χ0v) is 10.8. The van der Waals surface area contributed by atoms with Gasteiger partial charge in [-0.05, 0) is 24.6 Å². The van der Waals surface area contributed by atoms with Crippen molar-refractivity contribution < 1.29 is 4.79 Å². The van der Waals surface area contributed by atoms with Gasteiger partial charge in [0.2, 0.25) is 5.91 Å². The van der Waals surface area contributed by atoms with E-state index in [1.54, 1.807) is 12.3 Å². The molecule has 3 nitrogen and oxygen atoms in total. The molecule has 1 heterocycles. The lowest BCUT2D eigenvalue weighted by Crippen LogP contribution is -2.20. The van der Waals surface area contributed by atoms with E-state index in [2.05, 4.69) is 10.3 Å². The molecule has 0 aliphatic carbocycles. The Morgan fingerprint density at radius 1 is 1.26 bits per heavy atom. The van der Waals surface area contributed by atoms with Crippen LogP contribution in [-0.2, 0) is 11.3 Å². The Morgan fingerprint density at radius 2 is 2.11 bits per heavy atom. The zero-order chi connectivity index (χ0) is 13.5. The van der Waals surface area contributed by atoms with Crippen molar-refractivity contribution in [1.29, 1.82) is 0 Å². The van der Waals surface area contributed by atoms with Crippen LogP contribution in [0.5, 0.6) is 0 Å². The summed E-state index contributed by atoms with van der Waals surface area (Å²) in [6, 6.07) is 9.84. The Morgan fingerprint density at radius 3 is 2.95 bits per heavy atom. The molecule has 0 spiro atoms. The van der Waals surface area contributed by atoms with Gasteiger partial charge in [0.1, 0.15) is 0 Å². The molecule has 96 valence electrons. The van der Waals surface area contributed by atoms with Crippen molar-refractivity contribution in [2.24, 2.45) is 0 Å². The standard InChI is InChI=1S/C16H16N2O/c1-2-3-4-9-16(19)18-12-13-10-11-17-15-8-6-5-7-14(13)15/h2-11H,12H2,1H3,(H,18,19)/b3-2+,9-4+. The van der Waals surface area contributed by atoms with Gasteiger partial charge in [-0.1, -0.05) is 36.4 Å². The molecule has 0 saturated heterocycles. The molecule has 0 radical (unpaired) electrons. The third kappa shape index (κ3) is 3.52. The van der Waals surface area contributed by atoms with E-state index >= 15 is 0 Å². The van der Waals surface area contributed by atoms with Crippen LogP contribution in [0, 0.1) is 0 Å². The van der Waals surface area contributed by atoms with Gasteiger partial charge < -0.3 is 5.32 Å². The Bertz CT molecular complexity index is 624. The van der Waals surface area contributed by atoms with E-state index in [1.165, 1.54) is 6.08 Å². The largest absolute Gasteiger partial charge is 0.348 e. The summed E-state index contributed by atoms with van der Waals surface area (Å²) in [5, 5.41) is 3.93. The third-order valence-electron chi connectivity index (χ3n) is 2.74. The van der Waals surface area contributed by atoms with Gasteiger partial charge in [-0.25, -0.2) is 0 Å². The molecule has 1 aromatic heterocycles. The van der Waals surface area contributed by atoms with E-state index < -0.39 is 0 Å². The van der Waals surface area contributed by atoms with Crippen LogP contribution in [0.25, 0.3) is 10.9 Å². The van der Waals surface area contributed by atoms with Gasteiger partial charge >= 0.3 is 0 Å². The smallest absolute Gasteiger partial charge is 0.244 e. The maximum Gasteiger partial charge on any atom is 0.244 e. The zero-order valence-electron chi connectivity index (χ0n) is 10.8. The molecule has 0 fully saturated rings. The van der Waals surface area contributed by atoms with Crippen molar-refractivity contribution in [3.63, 3.8) is 0 Å². The number of pyridine rings is 1. The summed E-state index contributed by atoms with van der Waals surface area (Å²) in [5.41, 5.74) is 2.01. The molecule has 1 aromatic carbocycles. The van der Waals surface area contributed by atoms with Gasteiger partial charge in [-0.15, -0.1) is 0 Å². The second-order valence-corrected chi connectivity index (χ2v) is 4.09. The third-order valence-corrected chi connectivity index (χ3v) is 2.74. The quantitative estimate of drug-likeness (QED) is 0.671. The van der Waals surface area contributed by atoms with Crippen LogP contribution in [0.1, 0.15) is 12.5 Å². The minimum Gasteiger partial charge on any atom is -0.348 e. The maximum absolute atomic E-state index is 11.6. The molecule has 2 rings (SSSR count). The number of para-hydroxylation sites is 1. The molecule has 3 heteroatoms. The summed E-state index contributed by atoms with van der Waals surface area (Å²) < 4.78 is 0. The van der Waals surface area contributed by atoms with E-state index in [-0.39, 0.29) is 5.91 Å². The predicted octanol–water partition coefficient (Wildman–Crippen LogP) is 2.98. The molecule has 0 aliphatic rings. The molecule has 1 N–H and O–H groups in total. The fourth-order valence-corrected chi connectivity index (χ4v) is 1.80. The van der Waals surface area contributed by atoms with Gasteiger partial charge in [0.05, 0.1) is 5.52 Å². The van der Waals surface area contributed by atoms with Gasteiger partial charge in [-0.3, -0.25) is 9.78 Å². The summed E-state index contributed by atoms with van der Waals surface area (Å²) >= 11 is 0. The number of fused-ring (bicyclic) bond motifs is 1. The number of carbonyl (C=O) groups excluding carboxylic acids is 1. The van der Waals surface area contributed by atoms with Crippen LogP contribution in [-0.4, -0.2) is 10.9 Å². The summed E-state index contributed by atoms with van der Waals surface area (Å²) in [7, 11) is 0. The number of amides is 1. The average Bonchev–Trinajstić information content (AvgIpc) is 2.45. The molecule has 0 atom stereocenters. The first-order chi connectivity index (χ1) is 9.31. The van der Waals surface area contributed by atoms with Crippen molar-refractivity contribution in [1.82, 2.24) is 10.3 Å². The number of benzene rings is 1. The number of rotatable bonds is 4. The highest BCUT2D eigenvalue weighted by Crippen LogP contribution is 2.15. The number of aromatic nitrogens is 1. The highest BCUT2D eigenvalue weighted by Gasteiger charge is 2.02. The number of allylic oxidation sites excluding steroid dienone is 3. The lowest BCUT2D eigenvalue weighted by molar-refractivity contribution is -0.116. The summed E-state index contributed by atoms with van der Waals surface area (Å²) in [6.45, 7) is 2.41. The fourth-order valence-electron chi connectivity index (χ4n) is 1.80. The number of nitrogens with one attached hydrogen (secondary N) is 1. The minimum atomic E-state index is -0.0982. The van der Waals surface area contributed by atoms with Gasteiger partial charge in [0.25, 0.3) is 0 Å². The molecule has 0 saturated carbocycles. The van der Waals surface area contributed by atoms with Crippen LogP contribution in [0.2, 0.25) is 0 Å². The molecule has 0 bridgehead atoms. The van der Waals surface area contributed by atoms with Crippen molar-refractivity contribution in [3.05, 3.63) is 66.4 Å². The molecule has 0 unspecified atom stereocenters. The molecular formula is C16H16N2O. The fraction of sp³-hybridized carbons (Fsp3) is 0.125. The molecule has 19 heavy (non-hydrogen) atoms. The summed E-state index contributed by atoms with van der Waals surface area (Å²) in [5.74, 6) is -0.0982. The van der Waals surface area contributed by atoms with Gasteiger partial charge in [0.15, 0.2) is 0 Å². The van der Waals surface area contributed by atoms with E-state index in [4.69, 9.17) is 0 Å². The number of carbonyl (C=O) groups is 1. The SMILES string of the molecule is C/C=C/C=C/C(=O)NCc1ccnc2ccccc12. The second-order valence-electron chi connectivity index (χ2n) is 4.09. The highest BCUT2D eigenvalue weighted by molar-refractivity contribution is 5.88. The van der Waals surface area contributed by atoms with Crippen LogP contribution >= 0.6 is 0 Å². The van der Waals surface area contributed by atoms with E-state index in [9.17, 15) is 4.79 Å². The van der Waals surface area contributed by atoms with Crippen LogP contribution < -0.4 is 5.32 Å². The first-order valence-electron chi connectivity index (χ1n) is 6.21. The van der Waals surface area contributed by atoms with Gasteiger partial charge in [-0.2, -0.15) is 0 Å². The molecule has 1 amide bonds. The Kier molecular flexibility index (Phi) is 4.45.